The number of hydrogen-bond donors (Lipinski definition) is 0. The molecule has 1 aromatic carbocycles. The van der Waals surface area contributed by atoms with Gasteiger partial charge in [-0.1, -0.05) is 30.3 Å². The number of allylic oxidation sites excluding steroid dienone is 1. The summed E-state index contributed by atoms with van der Waals surface area (Å²) in [7, 11) is 4.21. The maximum atomic E-state index is 2.22. The van der Waals surface area contributed by atoms with Gasteiger partial charge < -0.3 is 5.01 Å². The van der Waals surface area contributed by atoms with E-state index in [1.807, 2.05) is 0 Å². The lowest BCUT2D eigenvalue weighted by molar-refractivity contribution is 0.103. The number of hydrogen-bond acceptors (Lipinski definition) is 2. The summed E-state index contributed by atoms with van der Waals surface area (Å²) in [5, 5.41) is 4.42. The summed E-state index contributed by atoms with van der Waals surface area (Å²) >= 11 is 0. The molecule has 2 rings (SSSR count). The van der Waals surface area contributed by atoms with E-state index in [9.17, 15) is 0 Å². The van der Waals surface area contributed by atoms with Crippen LogP contribution in [0.1, 0.15) is 12.5 Å². The van der Waals surface area contributed by atoms with E-state index in [4.69, 9.17) is 0 Å². The molecule has 2 nitrogen and oxygen atoms in total. The molecular formula is C12H16N2. The van der Waals surface area contributed by atoms with E-state index in [0.29, 0.717) is 0 Å². The van der Waals surface area contributed by atoms with Crippen LogP contribution in [-0.4, -0.2) is 30.7 Å². The molecule has 0 spiro atoms. The average molecular weight is 188 g/mol. The topological polar surface area (TPSA) is 6.48 Å². The summed E-state index contributed by atoms with van der Waals surface area (Å²) in [4.78, 5) is 0. The van der Waals surface area contributed by atoms with E-state index in [0.717, 1.165) is 6.54 Å². The minimum atomic E-state index is 1.01. The van der Waals surface area contributed by atoms with Gasteiger partial charge in [-0.2, -0.15) is 0 Å². The molecule has 0 aliphatic carbocycles. The van der Waals surface area contributed by atoms with Crippen LogP contribution in [0, 0.1) is 0 Å². The van der Waals surface area contributed by atoms with Crippen LogP contribution in [0.25, 0.3) is 5.57 Å². The zero-order chi connectivity index (χ0) is 10.1. The zero-order valence-electron chi connectivity index (χ0n) is 8.99. The number of rotatable bonds is 1. The van der Waals surface area contributed by atoms with Gasteiger partial charge in [0.1, 0.15) is 0 Å². The first kappa shape index (κ1) is 9.28. The zero-order valence-corrected chi connectivity index (χ0v) is 8.99. The van der Waals surface area contributed by atoms with Crippen LogP contribution in [0.5, 0.6) is 0 Å². The Kier molecular flexibility index (Phi) is 2.30. The monoisotopic (exact) mass is 188 g/mol. The first-order chi connectivity index (χ1) is 6.70. The SMILES string of the molecule is CC1=C(c2ccccc2)CN(C)N1C. The van der Waals surface area contributed by atoms with Crippen molar-refractivity contribution in [2.75, 3.05) is 20.6 Å². The molecular weight excluding hydrogens is 172 g/mol. The highest BCUT2D eigenvalue weighted by atomic mass is 15.6. The Hall–Kier alpha value is -1.28. The van der Waals surface area contributed by atoms with Crippen LogP contribution in [0.2, 0.25) is 0 Å². The van der Waals surface area contributed by atoms with Crippen LogP contribution in [0.3, 0.4) is 0 Å². The Morgan fingerprint density at radius 1 is 1.07 bits per heavy atom. The van der Waals surface area contributed by atoms with E-state index >= 15 is 0 Å². The third kappa shape index (κ3) is 1.42. The van der Waals surface area contributed by atoms with Crippen molar-refractivity contribution in [3.05, 3.63) is 41.6 Å². The molecule has 0 aromatic heterocycles. The molecule has 0 amide bonds. The van der Waals surface area contributed by atoms with Gasteiger partial charge >= 0.3 is 0 Å². The molecule has 1 heterocycles. The first-order valence-corrected chi connectivity index (χ1v) is 4.90. The predicted octanol–water partition coefficient (Wildman–Crippen LogP) is 2.21. The largest absolute Gasteiger partial charge is 0.313 e. The summed E-state index contributed by atoms with van der Waals surface area (Å²) in [6.07, 6.45) is 0. The second-order valence-electron chi connectivity index (χ2n) is 3.77. The molecule has 0 unspecified atom stereocenters. The molecule has 0 atom stereocenters. The third-order valence-electron chi connectivity index (χ3n) is 2.94. The van der Waals surface area contributed by atoms with E-state index in [1.165, 1.54) is 16.8 Å². The van der Waals surface area contributed by atoms with Crippen molar-refractivity contribution in [3.63, 3.8) is 0 Å². The number of benzene rings is 1. The molecule has 0 N–H and O–H groups in total. The molecule has 0 fully saturated rings. The van der Waals surface area contributed by atoms with Crippen molar-refractivity contribution in [3.8, 4) is 0 Å². The van der Waals surface area contributed by atoms with Gasteiger partial charge in [0.05, 0.1) is 0 Å². The Labute approximate surface area is 85.4 Å². The summed E-state index contributed by atoms with van der Waals surface area (Å²) in [5.41, 5.74) is 4.11. The van der Waals surface area contributed by atoms with Gasteiger partial charge in [0, 0.05) is 26.3 Å². The van der Waals surface area contributed by atoms with Gasteiger partial charge in [-0.05, 0) is 18.1 Å². The molecule has 1 aliphatic rings. The molecule has 0 bridgehead atoms. The summed E-state index contributed by atoms with van der Waals surface area (Å²) < 4.78 is 0. The van der Waals surface area contributed by atoms with Crippen molar-refractivity contribution in [2.45, 2.75) is 6.92 Å². The number of nitrogens with zero attached hydrogens (tertiary/aromatic N) is 2. The standard InChI is InChI=1S/C12H16N2/c1-10-12(9-13(2)14(10)3)11-7-5-4-6-8-11/h4-8H,9H2,1-3H3. The Bertz CT molecular complexity index is 354. The van der Waals surface area contributed by atoms with Gasteiger partial charge in [0.15, 0.2) is 0 Å². The highest BCUT2D eigenvalue weighted by Crippen LogP contribution is 2.27. The van der Waals surface area contributed by atoms with Crippen molar-refractivity contribution < 1.29 is 0 Å². The van der Waals surface area contributed by atoms with Crippen LogP contribution < -0.4 is 0 Å². The van der Waals surface area contributed by atoms with Gasteiger partial charge in [0.2, 0.25) is 0 Å². The Morgan fingerprint density at radius 3 is 2.21 bits per heavy atom. The maximum Gasteiger partial charge on any atom is 0.0451 e. The minimum Gasteiger partial charge on any atom is -0.313 e. The molecule has 0 saturated carbocycles. The summed E-state index contributed by atoms with van der Waals surface area (Å²) in [5.74, 6) is 0. The van der Waals surface area contributed by atoms with Gasteiger partial charge in [-0.3, -0.25) is 0 Å². The molecule has 1 aromatic rings. The highest BCUT2D eigenvalue weighted by molar-refractivity contribution is 5.70. The number of hydrazine groups is 1. The average Bonchev–Trinajstić information content (AvgIpc) is 2.47. The number of likely N-dealkylation sites (N-methyl/N-ethyl adjacent to an activating group) is 1. The van der Waals surface area contributed by atoms with Crippen molar-refractivity contribution in [1.29, 1.82) is 0 Å². The molecule has 0 saturated heterocycles. The Morgan fingerprint density at radius 2 is 1.71 bits per heavy atom. The van der Waals surface area contributed by atoms with Crippen LogP contribution in [-0.2, 0) is 0 Å². The van der Waals surface area contributed by atoms with Gasteiger partial charge in [-0.15, -0.1) is 0 Å². The Balaban J connectivity index is 2.37. The summed E-state index contributed by atoms with van der Waals surface area (Å²) in [6, 6.07) is 10.6. The predicted molar refractivity (Wildman–Crippen MR) is 59.4 cm³/mol. The lowest BCUT2D eigenvalue weighted by atomic mass is 10.1. The van der Waals surface area contributed by atoms with Crippen molar-refractivity contribution >= 4 is 5.57 Å². The smallest absolute Gasteiger partial charge is 0.0451 e. The van der Waals surface area contributed by atoms with Crippen molar-refractivity contribution in [2.24, 2.45) is 0 Å². The second-order valence-corrected chi connectivity index (χ2v) is 3.77. The molecule has 74 valence electrons. The van der Waals surface area contributed by atoms with Crippen LogP contribution >= 0.6 is 0 Å². The lowest BCUT2D eigenvalue weighted by Gasteiger charge is -2.22. The third-order valence-corrected chi connectivity index (χ3v) is 2.94. The van der Waals surface area contributed by atoms with Crippen LogP contribution in [0.15, 0.2) is 36.0 Å². The fourth-order valence-electron chi connectivity index (χ4n) is 1.84. The second kappa shape index (κ2) is 3.46. The minimum absolute atomic E-state index is 1.01. The fraction of sp³-hybridized carbons (Fsp3) is 0.333. The van der Waals surface area contributed by atoms with E-state index in [-0.39, 0.29) is 0 Å². The first-order valence-electron chi connectivity index (χ1n) is 4.90. The molecule has 2 heteroatoms. The van der Waals surface area contributed by atoms with E-state index in [2.05, 4.69) is 61.4 Å². The maximum absolute atomic E-state index is 2.22. The fourth-order valence-corrected chi connectivity index (χ4v) is 1.84. The molecule has 14 heavy (non-hydrogen) atoms. The van der Waals surface area contributed by atoms with E-state index in [1.54, 1.807) is 0 Å². The molecule has 1 aliphatic heterocycles. The van der Waals surface area contributed by atoms with E-state index < -0.39 is 0 Å². The summed E-state index contributed by atoms with van der Waals surface area (Å²) in [6.45, 7) is 3.18. The molecule has 0 radical (unpaired) electrons. The van der Waals surface area contributed by atoms with Gasteiger partial charge in [0.25, 0.3) is 0 Å². The van der Waals surface area contributed by atoms with Crippen LogP contribution in [0.4, 0.5) is 0 Å². The highest BCUT2D eigenvalue weighted by Gasteiger charge is 2.21. The lowest BCUT2D eigenvalue weighted by Crippen LogP contribution is -2.29. The van der Waals surface area contributed by atoms with Crippen molar-refractivity contribution in [1.82, 2.24) is 10.0 Å². The quantitative estimate of drug-likeness (QED) is 0.666. The van der Waals surface area contributed by atoms with Gasteiger partial charge in [-0.25, -0.2) is 5.01 Å². The normalized spacial score (nSPS) is 18.1.